The van der Waals surface area contributed by atoms with Crippen molar-refractivity contribution >= 4 is 24.4 Å². The summed E-state index contributed by atoms with van der Waals surface area (Å²) < 4.78 is 5.08. The summed E-state index contributed by atoms with van der Waals surface area (Å²) in [7, 11) is -1.32. The van der Waals surface area contributed by atoms with Crippen LogP contribution >= 0.6 is 11.1 Å². The molecule has 0 aliphatic heterocycles. The second-order valence-corrected chi connectivity index (χ2v) is 14.7. The van der Waals surface area contributed by atoms with Gasteiger partial charge in [0.05, 0.1) is 6.61 Å². The maximum absolute atomic E-state index is 11.1. The predicted octanol–water partition coefficient (Wildman–Crippen LogP) is 7.62. The lowest BCUT2D eigenvalue weighted by molar-refractivity contribution is -0.137. The van der Waals surface area contributed by atoms with Gasteiger partial charge in [0.25, 0.3) is 0 Å². The molecule has 25 heavy (non-hydrogen) atoms. The van der Waals surface area contributed by atoms with Crippen molar-refractivity contribution in [3.63, 3.8) is 0 Å². The third kappa shape index (κ3) is 21.7. The van der Waals surface area contributed by atoms with Crippen LogP contribution in [0.4, 0.5) is 0 Å². The van der Waals surface area contributed by atoms with Gasteiger partial charge in [0.2, 0.25) is 0 Å². The summed E-state index contributed by atoms with van der Waals surface area (Å²) in [4.78, 5) is 11.1. The minimum atomic E-state index is -1.32. The highest BCUT2D eigenvalue weighted by molar-refractivity contribution is 7.19. The van der Waals surface area contributed by atoms with Crippen molar-refractivity contribution in [1.29, 1.82) is 0 Å². The Labute approximate surface area is 162 Å². The molecule has 2 nitrogen and oxygen atoms in total. The lowest BCUT2D eigenvalue weighted by Gasteiger charge is -2.11. The van der Waals surface area contributed by atoms with Gasteiger partial charge < -0.3 is 4.74 Å². The molecule has 0 fully saturated rings. The molecule has 148 valence electrons. The number of ether oxygens (including phenoxy) is 1. The molecule has 0 aromatic rings. The number of halogens is 1. The second-order valence-electron chi connectivity index (χ2n) is 7.73. The number of hydrogen-bond donors (Lipinski definition) is 0. The van der Waals surface area contributed by atoms with Gasteiger partial charge in [-0.05, 0) is 19.4 Å². The fourth-order valence-electron chi connectivity index (χ4n) is 2.95. The van der Waals surface area contributed by atoms with E-state index in [2.05, 4.69) is 13.1 Å². The molecule has 0 atom stereocenters. The fourth-order valence-corrected chi connectivity index (χ4v) is 4.44. The van der Waals surface area contributed by atoms with E-state index < -0.39 is 7.38 Å². The van der Waals surface area contributed by atoms with Crippen molar-refractivity contribution in [2.45, 2.75) is 110 Å². The van der Waals surface area contributed by atoms with Crippen molar-refractivity contribution in [3.8, 4) is 0 Å². The highest BCUT2D eigenvalue weighted by atomic mass is 35.6. The number of esters is 1. The molecule has 0 radical (unpaired) electrons. The first-order valence-electron chi connectivity index (χ1n) is 10.4. The SMILES string of the molecule is CC=CC(=O)OCCCCCCCCCCCCCCC[Si](C)(C)Cl. The van der Waals surface area contributed by atoms with E-state index in [4.69, 9.17) is 15.8 Å². The van der Waals surface area contributed by atoms with Crippen molar-refractivity contribution < 1.29 is 9.53 Å². The maximum atomic E-state index is 11.1. The quantitative estimate of drug-likeness (QED) is 0.0841. The normalized spacial score (nSPS) is 12.0. The Kier molecular flexibility index (Phi) is 17.0. The molecule has 0 N–H and O–H groups in total. The van der Waals surface area contributed by atoms with Crippen molar-refractivity contribution in [1.82, 2.24) is 0 Å². The Hall–Kier alpha value is -0.283. The Bertz CT molecular complexity index is 337. The molecule has 0 aliphatic carbocycles. The third-order valence-corrected chi connectivity index (χ3v) is 6.57. The Morgan fingerprint density at radius 3 is 1.60 bits per heavy atom. The lowest BCUT2D eigenvalue weighted by Crippen LogP contribution is -2.14. The molecule has 0 aliphatic rings. The molecular formula is C21H41ClO2Si. The minimum Gasteiger partial charge on any atom is -0.463 e. The van der Waals surface area contributed by atoms with Gasteiger partial charge in [-0.3, -0.25) is 0 Å². The van der Waals surface area contributed by atoms with Gasteiger partial charge in [-0.2, -0.15) is 11.1 Å². The van der Waals surface area contributed by atoms with Crippen LogP contribution in [-0.4, -0.2) is 20.0 Å². The van der Waals surface area contributed by atoms with Crippen molar-refractivity contribution in [3.05, 3.63) is 12.2 Å². The van der Waals surface area contributed by atoms with Crippen LogP contribution in [-0.2, 0) is 9.53 Å². The van der Waals surface area contributed by atoms with Crippen molar-refractivity contribution in [2.24, 2.45) is 0 Å². The van der Waals surface area contributed by atoms with Crippen LogP contribution in [0.1, 0.15) is 90.4 Å². The molecule has 0 unspecified atom stereocenters. The summed E-state index contributed by atoms with van der Waals surface area (Å²) in [5, 5.41) is 0. The van der Waals surface area contributed by atoms with Gasteiger partial charge in [0, 0.05) is 6.08 Å². The molecule has 0 spiro atoms. The van der Waals surface area contributed by atoms with Gasteiger partial charge >= 0.3 is 5.97 Å². The fraction of sp³-hybridized carbons (Fsp3) is 0.857. The van der Waals surface area contributed by atoms with Crippen LogP contribution < -0.4 is 0 Å². The Balaban J connectivity index is 3.11. The van der Waals surface area contributed by atoms with Crippen LogP contribution in [0.3, 0.4) is 0 Å². The average Bonchev–Trinajstić information content (AvgIpc) is 2.53. The van der Waals surface area contributed by atoms with E-state index >= 15 is 0 Å². The molecule has 0 bridgehead atoms. The summed E-state index contributed by atoms with van der Waals surface area (Å²) in [6, 6.07) is 1.27. The lowest BCUT2D eigenvalue weighted by atomic mass is 10.0. The van der Waals surface area contributed by atoms with Gasteiger partial charge in [0.1, 0.15) is 7.38 Å². The van der Waals surface area contributed by atoms with E-state index in [1.54, 1.807) is 6.08 Å². The van der Waals surface area contributed by atoms with Crippen molar-refractivity contribution in [2.75, 3.05) is 6.61 Å². The van der Waals surface area contributed by atoms with Crippen LogP contribution in [0.2, 0.25) is 19.1 Å². The number of hydrogen-bond acceptors (Lipinski definition) is 2. The summed E-state index contributed by atoms with van der Waals surface area (Å²) in [6.07, 6.45) is 20.4. The van der Waals surface area contributed by atoms with E-state index in [0.717, 1.165) is 6.42 Å². The highest BCUT2D eigenvalue weighted by Gasteiger charge is 2.15. The average molecular weight is 389 g/mol. The van der Waals surface area contributed by atoms with Gasteiger partial charge in [-0.1, -0.05) is 96.2 Å². The highest BCUT2D eigenvalue weighted by Crippen LogP contribution is 2.19. The summed E-state index contributed by atoms with van der Waals surface area (Å²) in [6.45, 7) is 6.88. The molecule has 0 amide bonds. The molecule has 0 aromatic carbocycles. The van der Waals surface area contributed by atoms with Gasteiger partial charge in [0.15, 0.2) is 0 Å². The first kappa shape index (κ1) is 24.7. The zero-order chi connectivity index (χ0) is 18.8. The predicted molar refractivity (Wildman–Crippen MR) is 114 cm³/mol. The Morgan fingerprint density at radius 1 is 0.800 bits per heavy atom. The number of unbranched alkanes of at least 4 members (excludes halogenated alkanes) is 12. The number of carbonyl (C=O) groups excluding carboxylic acids is 1. The Morgan fingerprint density at radius 2 is 1.20 bits per heavy atom. The second kappa shape index (κ2) is 17.1. The standard InChI is InChI=1S/C21H41ClO2Si/c1-4-18-21(23)24-19-16-14-12-10-8-6-5-7-9-11-13-15-17-20-25(2,3)22/h4,18H,5-17,19-20H2,1-3H3. The van der Waals surface area contributed by atoms with E-state index in [1.807, 2.05) is 6.92 Å². The molecule has 0 rings (SSSR count). The van der Waals surface area contributed by atoms with Crippen LogP contribution in [0.5, 0.6) is 0 Å². The van der Waals surface area contributed by atoms with E-state index in [9.17, 15) is 4.79 Å². The molecule has 0 heterocycles. The zero-order valence-corrected chi connectivity index (χ0v) is 18.7. The number of rotatable bonds is 17. The first-order valence-corrected chi connectivity index (χ1v) is 14.7. The molecule has 0 aromatic heterocycles. The maximum Gasteiger partial charge on any atom is 0.330 e. The number of allylic oxidation sites excluding steroid dienone is 1. The first-order chi connectivity index (χ1) is 12.0. The van der Waals surface area contributed by atoms with Gasteiger partial charge in [-0.25, -0.2) is 4.79 Å². The summed E-state index contributed by atoms with van der Waals surface area (Å²) >= 11 is 6.33. The molecule has 0 saturated carbocycles. The number of carbonyl (C=O) groups is 1. The topological polar surface area (TPSA) is 26.3 Å². The minimum absolute atomic E-state index is 0.216. The van der Waals surface area contributed by atoms with Crippen LogP contribution in [0.25, 0.3) is 0 Å². The summed E-state index contributed by atoms with van der Waals surface area (Å²) in [5.41, 5.74) is 0. The molecule has 0 saturated heterocycles. The third-order valence-electron chi connectivity index (χ3n) is 4.46. The molecular weight excluding hydrogens is 348 g/mol. The van der Waals surface area contributed by atoms with Crippen LogP contribution in [0, 0.1) is 0 Å². The smallest absolute Gasteiger partial charge is 0.330 e. The van der Waals surface area contributed by atoms with E-state index in [1.165, 1.54) is 89.2 Å². The van der Waals surface area contributed by atoms with E-state index in [-0.39, 0.29) is 5.97 Å². The van der Waals surface area contributed by atoms with Crippen LogP contribution in [0.15, 0.2) is 12.2 Å². The summed E-state index contributed by atoms with van der Waals surface area (Å²) in [5.74, 6) is -0.216. The zero-order valence-electron chi connectivity index (χ0n) is 17.0. The molecule has 4 heteroatoms. The van der Waals surface area contributed by atoms with E-state index in [0.29, 0.717) is 6.61 Å². The monoisotopic (exact) mass is 388 g/mol. The van der Waals surface area contributed by atoms with Gasteiger partial charge in [-0.15, -0.1) is 0 Å². The largest absolute Gasteiger partial charge is 0.463 e.